The van der Waals surface area contributed by atoms with Gasteiger partial charge in [0.15, 0.2) is 0 Å². The first-order valence-electron chi connectivity index (χ1n) is 8.81. The van der Waals surface area contributed by atoms with Gasteiger partial charge in [0.25, 0.3) is 0 Å². The second-order valence-electron chi connectivity index (χ2n) is 6.75. The van der Waals surface area contributed by atoms with Crippen molar-refractivity contribution in [2.75, 3.05) is 0 Å². The molecular weight excluding hydrogens is 318 g/mol. The standard InChI is InChI=1S/C23H15N3/c1-2-6-17-16(5-1)14-26-21-9-8-15(20-7-3-4-11-24-20)13-19(21)18-10-12-25-22(17)23(18)26/h1-13H,14H2. The first kappa shape index (κ1) is 13.8. The fraction of sp³-hybridized carbons (Fsp3) is 0.0435. The van der Waals surface area contributed by atoms with Crippen molar-refractivity contribution in [3.63, 3.8) is 0 Å². The number of pyridine rings is 2. The van der Waals surface area contributed by atoms with Gasteiger partial charge in [-0.3, -0.25) is 9.97 Å². The minimum Gasteiger partial charge on any atom is -0.334 e. The highest BCUT2D eigenvalue weighted by Crippen LogP contribution is 2.40. The van der Waals surface area contributed by atoms with Crippen molar-refractivity contribution in [1.82, 2.24) is 14.5 Å². The number of hydrogen-bond acceptors (Lipinski definition) is 2. The predicted molar refractivity (Wildman–Crippen MR) is 105 cm³/mol. The summed E-state index contributed by atoms with van der Waals surface area (Å²) in [6.07, 6.45) is 3.77. The van der Waals surface area contributed by atoms with Crippen molar-refractivity contribution >= 4 is 21.8 Å². The Hall–Kier alpha value is -3.46. The molecule has 3 aromatic heterocycles. The minimum absolute atomic E-state index is 0.887. The number of fused-ring (bicyclic) bond motifs is 5. The summed E-state index contributed by atoms with van der Waals surface area (Å²) < 4.78 is 2.40. The van der Waals surface area contributed by atoms with Crippen LogP contribution >= 0.6 is 0 Å². The molecule has 0 atom stereocenters. The van der Waals surface area contributed by atoms with Crippen LogP contribution in [0.25, 0.3) is 44.3 Å². The van der Waals surface area contributed by atoms with Gasteiger partial charge in [0.05, 0.1) is 16.9 Å². The van der Waals surface area contributed by atoms with Gasteiger partial charge in [-0.15, -0.1) is 0 Å². The second-order valence-corrected chi connectivity index (χ2v) is 6.75. The van der Waals surface area contributed by atoms with E-state index >= 15 is 0 Å². The molecule has 0 saturated heterocycles. The molecule has 0 radical (unpaired) electrons. The molecule has 122 valence electrons. The molecule has 3 heteroatoms. The molecule has 2 aromatic carbocycles. The Balaban J connectivity index is 1.71. The van der Waals surface area contributed by atoms with Crippen molar-refractivity contribution in [2.45, 2.75) is 6.54 Å². The summed E-state index contributed by atoms with van der Waals surface area (Å²) in [5.74, 6) is 0. The zero-order chi connectivity index (χ0) is 17.1. The molecule has 1 aliphatic heterocycles. The Bertz CT molecular complexity index is 1300. The molecule has 3 nitrogen and oxygen atoms in total. The van der Waals surface area contributed by atoms with Gasteiger partial charge in [0.2, 0.25) is 0 Å². The van der Waals surface area contributed by atoms with Crippen LogP contribution in [-0.4, -0.2) is 14.5 Å². The average Bonchev–Trinajstić information content (AvgIpc) is 3.03. The van der Waals surface area contributed by atoms with Gasteiger partial charge in [-0.1, -0.05) is 36.4 Å². The number of benzene rings is 2. The molecule has 6 rings (SSSR count). The lowest BCUT2D eigenvalue weighted by Crippen LogP contribution is -2.08. The van der Waals surface area contributed by atoms with Gasteiger partial charge in [0, 0.05) is 46.4 Å². The van der Waals surface area contributed by atoms with Crippen molar-refractivity contribution in [2.24, 2.45) is 0 Å². The maximum Gasteiger partial charge on any atom is 0.0948 e. The van der Waals surface area contributed by atoms with Gasteiger partial charge in [-0.25, -0.2) is 0 Å². The second kappa shape index (κ2) is 5.02. The largest absolute Gasteiger partial charge is 0.334 e. The van der Waals surface area contributed by atoms with E-state index in [0.717, 1.165) is 23.5 Å². The van der Waals surface area contributed by atoms with E-state index in [1.54, 1.807) is 0 Å². The molecule has 5 aromatic rings. The van der Waals surface area contributed by atoms with Crippen LogP contribution in [-0.2, 0) is 6.54 Å². The summed E-state index contributed by atoms with van der Waals surface area (Å²) in [6.45, 7) is 0.887. The third-order valence-electron chi connectivity index (χ3n) is 5.33. The Morgan fingerprint density at radius 1 is 0.769 bits per heavy atom. The van der Waals surface area contributed by atoms with Crippen molar-refractivity contribution < 1.29 is 0 Å². The smallest absolute Gasteiger partial charge is 0.0948 e. The lowest BCUT2D eigenvalue weighted by atomic mass is 9.99. The summed E-state index contributed by atoms with van der Waals surface area (Å²) in [5.41, 5.74) is 8.29. The lowest BCUT2D eigenvalue weighted by Gasteiger charge is -2.19. The van der Waals surface area contributed by atoms with Crippen LogP contribution in [0, 0.1) is 0 Å². The van der Waals surface area contributed by atoms with E-state index in [-0.39, 0.29) is 0 Å². The van der Waals surface area contributed by atoms with E-state index in [2.05, 4.69) is 64.1 Å². The Kier molecular flexibility index (Phi) is 2.66. The summed E-state index contributed by atoms with van der Waals surface area (Å²) >= 11 is 0. The van der Waals surface area contributed by atoms with Crippen LogP contribution in [0.5, 0.6) is 0 Å². The third-order valence-corrected chi connectivity index (χ3v) is 5.33. The van der Waals surface area contributed by atoms with Gasteiger partial charge in [-0.2, -0.15) is 0 Å². The highest BCUT2D eigenvalue weighted by atomic mass is 15.0. The summed E-state index contributed by atoms with van der Waals surface area (Å²) in [6, 6.07) is 23.4. The zero-order valence-electron chi connectivity index (χ0n) is 14.1. The maximum absolute atomic E-state index is 4.72. The van der Waals surface area contributed by atoms with Gasteiger partial charge >= 0.3 is 0 Å². The predicted octanol–water partition coefficient (Wildman–Crippen LogP) is 5.28. The molecule has 0 fully saturated rings. The molecule has 0 bridgehead atoms. The van der Waals surface area contributed by atoms with Crippen LogP contribution in [0.1, 0.15) is 5.56 Å². The third kappa shape index (κ3) is 1.77. The van der Waals surface area contributed by atoms with E-state index in [1.165, 1.54) is 32.9 Å². The molecular formula is C23H15N3. The van der Waals surface area contributed by atoms with Gasteiger partial charge in [0.1, 0.15) is 0 Å². The number of rotatable bonds is 1. The fourth-order valence-electron chi connectivity index (χ4n) is 4.17. The maximum atomic E-state index is 4.72. The Morgan fingerprint density at radius 3 is 2.62 bits per heavy atom. The summed E-state index contributed by atoms with van der Waals surface area (Å²) in [5, 5.41) is 2.52. The van der Waals surface area contributed by atoms with Crippen molar-refractivity contribution in [3.8, 4) is 22.5 Å². The molecule has 0 saturated carbocycles. The Morgan fingerprint density at radius 2 is 1.69 bits per heavy atom. The van der Waals surface area contributed by atoms with Crippen LogP contribution in [0.4, 0.5) is 0 Å². The van der Waals surface area contributed by atoms with E-state index in [4.69, 9.17) is 4.98 Å². The molecule has 0 aliphatic carbocycles. The normalized spacial score (nSPS) is 12.5. The van der Waals surface area contributed by atoms with Crippen LogP contribution in [0.3, 0.4) is 0 Å². The van der Waals surface area contributed by atoms with E-state index in [9.17, 15) is 0 Å². The minimum atomic E-state index is 0.887. The first-order chi connectivity index (χ1) is 12.9. The SMILES string of the molecule is c1ccc(-c2ccc3c(c2)c2ccnc4c2n3Cc2ccccc2-4)nc1. The van der Waals surface area contributed by atoms with E-state index in [0.29, 0.717) is 0 Å². The molecule has 0 spiro atoms. The van der Waals surface area contributed by atoms with Crippen molar-refractivity contribution in [1.29, 1.82) is 0 Å². The molecule has 4 heterocycles. The van der Waals surface area contributed by atoms with Crippen molar-refractivity contribution in [3.05, 3.63) is 84.7 Å². The highest BCUT2D eigenvalue weighted by molar-refractivity contribution is 6.13. The Labute approximate surface area is 150 Å². The molecule has 26 heavy (non-hydrogen) atoms. The molecule has 0 amide bonds. The monoisotopic (exact) mass is 333 g/mol. The van der Waals surface area contributed by atoms with Gasteiger partial charge < -0.3 is 4.57 Å². The van der Waals surface area contributed by atoms with Crippen LogP contribution < -0.4 is 0 Å². The topological polar surface area (TPSA) is 30.7 Å². The average molecular weight is 333 g/mol. The lowest BCUT2D eigenvalue weighted by molar-refractivity contribution is 0.856. The molecule has 1 aliphatic rings. The number of nitrogens with zero attached hydrogens (tertiary/aromatic N) is 3. The first-order valence-corrected chi connectivity index (χ1v) is 8.81. The molecule has 0 unspecified atom stereocenters. The number of hydrogen-bond donors (Lipinski definition) is 0. The number of aromatic nitrogens is 3. The molecule has 0 N–H and O–H groups in total. The fourth-order valence-corrected chi connectivity index (χ4v) is 4.17. The van der Waals surface area contributed by atoms with E-state index in [1.807, 2.05) is 24.5 Å². The zero-order valence-corrected chi connectivity index (χ0v) is 14.1. The summed E-state index contributed by atoms with van der Waals surface area (Å²) in [4.78, 5) is 9.23. The summed E-state index contributed by atoms with van der Waals surface area (Å²) in [7, 11) is 0. The van der Waals surface area contributed by atoms with Crippen LogP contribution in [0.15, 0.2) is 79.1 Å². The quantitative estimate of drug-likeness (QED) is 0.410. The van der Waals surface area contributed by atoms with E-state index < -0.39 is 0 Å². The van der Waals surface area contributed by atoms with Gasteiger partial charge in [-0.05, 0) is 35.9 Å². The highest BCUT2D eigenvalue weighted by Gasteiger charge is 2.22. The van der Waals surface area contributed by atoms with Crippen LogP contribution in [0.2, 0.25) is 0 Å².